The fourth-order valence-electron chi connectivity index (χ4n) is 0.629. The molecule has 68 valence electrons. The standard InChI is InChI=1S/C5H3FN4O2S/c6-4-1-5(3-8-2-4)13(11,12)10-9-7/h1-3H. The third-order valence-corrected chi connectivity index (χ3v) is 2.23. The molecule has 1 aromatic heterocycles. The van der Waals surface area contributed by atoms with E-state index in [9.17, 15) is 12.8 Å². The van der Waals surface area contributed by atoms with Crippen LogP contribution in [0.1, 0.15) is 0 Å². The van der Waals surface area contributed by atoms with Gasteiger partial charge in [-0.2, -0.15) is 0 Å². The first kappa shape index (κ1) is 9.43. The fraction of sp³-hybridized carbons (Fsp3) is 0. The maximum Gasteiger partial charge on any atom is 0.265 e. The summed E-state index contributed by atoms with van der Waals surface area (Å²) in [7, 11) is -4.13. The van der Waals surface area contributed by atoms with E-state index in [2.05, 4.69) is 14.4 Å². The van der Waals surface area contributed by atoms with Gasteiger partial charge in [0.2, 0.25) is 0 Å². The molecule has 8 heteroatoms. The van der Waals surface area contributed by atoms with Crippen LogP contribution >= 0.6 is 0 Å². The van der Waals surface area contributed by atoms with E-state index < -0.39 is 20.7 Å². The van der Waals surface area contributed by atoms with E-state index in [0.29, 0.717) is 0 Å². The Labute approximate surface area is 72.7 Å². The van der Waals surface area contributed by atoms with Crippen molar-refractivity contribution < 1.29 is 12.8 Å². The van der Waals surface area contributed by atoms with Crippen molar-refractivity contribution in [1.82, 2.24) is 4.98 Å². The molecular weight excluding hydrogens is 199 g/mol. The van der Waals surface area contributed by atoms with Crippen LogP contribution in [0.15, 0.2) is 27.9 Å². The molecule has 0 aliphatic carbocycles. The van der Waals surface area contributed by atoms with Crippen molar-refractivity contribution in [3.8, 4) is 0 Å². The van der Waals surface area contributed by atoms with Crippen LogP contribution in [0.4, 0.5) is 4.39 Å². The summed E-state index contributed by atoms with van der Waals surface area (Å²) in [6.45, 7) is 0. The van der Waals surface area contributed by atoms with Crippen molar-refractivity contribution in [2.75, 3.05) is 0 Å². The molecule has 0 unspecified atom stereocenters. The van der Waals surface area contributed by atoms with E-state index in [0.717, 1.165) is 18.5 Å². The summed E-state index contributed by atoms with van der Waals surface area (Å²) in [4.78, 5) is 4.93. The predicted molar refractivity (Wildman–Crippen MR) is 40.5 cm³/mol. The molecular formula is C5H3FN4O2S. The molecule has 0 atom stereocenters. The Morgan fingerprint density at radius 3 is 2.77 bits per heavy atom. The van der Waals surface area contributed by atoms with E-state index >= 15 is 0 Å². The van der Waals surface area contributed by atoms with Crippen LogP contribution < -0.4 is 0 Å². The Kier molecular flexibility index (Phi) is 2.45. The zero-order chi connectivity index (χ0) is 9.90. The summed E-state index contributed by atoms with van der Waals surface area (Å²) in [5.41, 5.74) is 7.90. The van der Waals surface area contributed by atoms with E-state index in [4.69, 9.17) is 5.53 Å². The quantitative estimate of drug-likeness (QED) is 0.409. The van der Waals surface area contributed by atoms with Gasteiger partial charge in [0, 0.05) is 15.6 Å². The Morgan fingerprint density at radius 1 is 1.54 bits per heavy atom. The summed E-state index contributed by atoms with van der Waals surface area (Å²) >= 11 is 0. The second-order valence-corrected chi connectivity index (χ2v) is 3.57. The van der Waals surface area contributed by atoms with Crippen molar-refractivity contribution in [3.63, 3.8) is 0 Å². The minimum absolute atomic E-state index is 0.467. The van der Waals surface area contributed by atoms with Crippen molar-refractivity contribution in [1.29, 1.82) is 0 Å². The second kappa shape index (κ2) is 3.38. The van der Waals surface area contributed by atoms with Gasteiger partial charge in [-0.05, 0) is 11.6 Å². The molecule has 0 fully saturated rings. The maximum absolute atomic E-state index is 12.5. The predicted octanol–water partition coefficient (Wildman–Crippen LogP) is 1.22. The topological polar surface area (TPSA) is 95.8 Å². The first-order valence-electron chi connectivity index (χ1n) is 2.98. The van der Waals surface area contributed by atoms with Crippen molar-refractivity contribution in [2.45, 2.75) is 4.90 Å². The minimum atomic E-state index is -4.13. The van der Waals surface area contributed by atoms with Crippen LogP contribution in [-0.4, -0.2) is 13.4 Å². The zero-order valence-corrected chi connectivity index (χ0v) is 6.94. The van der Waals surface area contributed by atoms with Crippen LogP contribution in [-0.2, 0) is 10.0 Å². The number of rotatable bonds is 2. The number of pyridine rings is 1. The molecule has 0 aliphatic heterocycles. The van der Waals surface area contributed by atoms with Crippen LogP contribution in [0, 0.1) is 5.82 Å². The van der Waals surface area contributed by atoms with Crippen molar-refractivity contribution in [2.24, 2.45) is 4.52 Å². The molecule has 13 heavy (non-hydrogen) atoms. The minimum Gasteiger partial charge on any atom is -0.260 e. The molecule has 0 aliphatic rings. The van der Waals surface area contributed by atoms with E-state index in [1.807, 2.05) is 0 Å². The molecule has 0 amide bonds. The van der Waals surface area contributed by atoms with Gasteiger partial charge < -0.3 is 0 Å². The second-order valence-electron chi connectivity index (χ2n) is 1.99. The summed E-state index contributed by atoms with van der Waals surface area (Å²) in [6, 6.07) is 0.719. The Morgan fingerprint density at radius 2 is 2.23 bits per heavy atom. The molecule has 0 N–H and O–H groups in total. The van der Waals surface area contributed by atoms with Crippen LogP contribution in [0.2, 0.25) is 0 Å². The monoisotopic (exact) mass is 202 g/mol. The Hall–Kier alpha value is -1.66. The van der Waals surface area contributed by atoms with Gasteiger partial charge in [-0.1, -0.05) is 0 Å². The van der Waals surface area contributed by atoms with Gasteiger partial charge in [0.15, 0.2) is 0 Å². The highest BCUT2D eigenvalue weighted by Crippen LogP contribution is 2.11. The molecule has 6 nitrogen and oxygen atoms in total. The van der Waals surface area contributed by atoms with Gasteiger partial charge in [-0.15, -0.1) is 0 Å². The first-order chi connectivity index (χ1) is 6.06. The molecule has 0 aromatic carbocycles. The van der Waals surface area contributed by atoms with E-state index in [1.54, 1.807) is 0 Å². The molecule has 0 spiro atoms. The highest BCUT2D eigenvalue weighted by Gasteiger charge is 2.12. The fourth-order valence-corrected chi connectivity index (χ4v) is 1.27. The van der Waals surface area contributed by atoms with Gasteiger partial charge in [-0.25, -0.2) is 12.8 Å². The lowest BCUT2D eigenvalue weighted by atomic mass is 10.5. The molecule has 0 radical (unpaired) electrons. The molecule has 0 saturated heterocycles. The van der Waals surface area contributed by atoms with Crippen molar-refractivity contribution >= 4 is 10.0 Å². The van der Waals surface area contributed by atoms with Gasteiger partial charge in [0.25, 0.3) is 10.0 Å². The number of hydrogen-bond acceptors (Lipinski definition) is 3. The molecule has 1 rings (SSSR count). The summed E-state index contributed by atoms with van der Waals surface area (Å²) in [6.07, 6.45) is 1.74. The number of aromatic nitrogens is 1. The average Bonchev–Trinajstić information content (AvgIpc) is 2.04. The number of nitrogens with zero attached hydrogens (tertiary/aromatic N) is 4. The normalized spacial score (nSPS) is 10.5. The number of azide groups is 1. The molecule has 1 aromatic rings. The van der Waals surface area contributed by atoms with Gasteiger partial charge >= 0.3 is 0 Å². The summed E-state index contributed by atoms with van der Waals surface area (Å²) in [5.74, 6) is -0.811. The maximum atomic E-state index is 12.5. The highest BCUT2D eigenvalue weighted by atomic mass is 32.2. The van der Waals surface area contributed by atoms with E-state index in [-0.39, 0.29) is 0 Å². The molecule has 1 heterocycles. The summed E-state index contributed by atoms with van der Waals surface area (Å²) < 4.78 is 36.9. The van der Waals surface area contributed by atoms with E-state index in [1.165, 1.54) is 0 Å². The summed E-state index contributed by atoms with van der Waals surface area (Å²) in [5, 5.41) is 0. The van der Waals surface area contributed by atoms with Gasteiger partial charge in [-0.3, -0.25) is 4.98 Å². The Bertz CT molecular complexity index is 465. The third kappa shape index (κ3) is 2.14. The Balaban J connectivity index is 3.31. The lowest BCUT2D eigenvalue weighted by molar-refractivity contribution is 0.589. The van der Waals surface area contributed by atoms with Crippen LogP contribution in [0.25, 0.3) is 10.4 Å². The smallest absolute Gasteiger partial charge is 0.260 e. The third-order valence-electron chi connectivity index (χ3n) is 1.12. The first-order valence-corrected chi connectivity index (χ1v) is 4.42. The van der Waals surface area contributed by atoms with Gasteiger partial charge in [0.1, 0.15) is 5.82 Å². The lowest BCUT2D eigenvalue weighted by Crippen LogP contribution is -1.96. The number of sulfonamides is 1. The van der Waals surface area contributed by atoms with Gasteiger partial charge in [0.05, 0.1) is 11.1 Å². The molecule has 0 saturated carbocycles. The van der Waals surface area contributed by atoms with Crippen molar-refractivity contribution in [3.05, 3.63) is 34.7 Å². The van der Waals surface area contributed by atoms with Crippen LogP contribution in [0.5, 0.6) is 0 Å². The SMILES string of the molecule is [N-]=[N+]=NS(=O)(=O)c1cncc(F)c1. The van der Waals surface area contributed by atoms with Crippen LogP contribution in [0.3, 0.4) is 0 Å². The zero-order valence-electron chi connectivity index (χ0n) is 6.12. The number of halogens is 1. The highest BCUT2D eigenvalue weighted by molar-refractivity contribution is 7.90. The average molecular weight is 202 g/mol. The lowest BCUT2D eigenvalue weighted by Gasteiger charge is -1.94. The number of hydrogen-bond donors (Lipinski definition) is 0. The largest absolute Gasteiger partial charge is 0.265 e. The molecule has 0 bridgehead atoms.